The molecule has 0 radical (unpaired) electrons. The summed E-state index contributed by atoms with van der Waals surface area (Å²) in [5.74, 6) is 0. The van der Waals surface area contributed by atoms with E-state index in [0.717, 1.165) is 17.1 Å². The van der Waals surface area contributed by atoms with Crippen molar-refractivity contribution < 1.29 is 0 Å². The smallest absolute Gasteiger partial charge is 0.0465 e. The van der Waals surface area contributed by atoms with E-state index in [0.29, 0.717) is 0 Å². The molecule has 0 saturated carbocycles. The van der Waals surface area contributed by atoms with E-state index in [1.807, 2.05) is 0 Å². The van der Waals surface area contributed by atoms with Gasteiger partial charge in [0.15, 0.2) is 0 Å². The van der Waals surface area contributed by atoms with Crippen LogP contribution in [0.1, 0.15) is 49.9 Å². The lowest BCUT2D eigenvalue weighted by molar-refractivity contribution is 0.660. The van der Waals surface area contributed by atoms with Gasteiger partial charge in [0.2, 0.25) is 0 Å². The second-order valence-corrected chi connectivity index (χ2v) is 17.3. The minimum atomic E-state index is -0.104. The summed E-state index contributed by atoms with van der Waals surface area (Å²) in [6.07, 6.45) is 0. The largest absolute Gasteiger partial charge is 0.310 e. The maximum Gasteiger partial charge on any atom is 0.0465 e. The van der Waals surface area contributed by atoms with Crippen molar-refractivity contribution >= 4 is 27.8 Å². The highest BCUT2D eigenvalue weighted by Crippen LogP contribution is 2.54. The molecule has 9 aromatic carbocycles. The second kappa shape index (κ2) is 13.3. The zero-order valence-electron chi connectivity index (χ0n) is 34.0. The molecule has 0 spiro atoms. The molecule has 0 aliphatic heterocycles. The molecular formula is C58H45N. The average Bonchev–Trinajstić information content (AvgIpc) is 3.66. The molecule has 1 heteroatoms. The Balaban J connectivity index is 1.02. The van der Waals surface area contributed by atoms with Crippen LogP contribution in [0.4, 0.5) is 17.1 Å². The van der Waals surface area contributed by atoms with Gasteiger partial charge in [0, 0.05) is 27.9 Å². The summed E-state index contributed by atoms with van der Waals surface area (Å²) in [6, 6.07) is 74.2. The Morgan fingerprint density at radius 2 is 0.746 bits per heavy atom. The average molecular weight is 756 g/mol. The van der Waals surface area contributed by atoms with Crippen molar-refractivity contribution in [2.24, 2.45) is 0 Å². The summed E-state index contributed by atoms with van der Waals surface area (Å²) in [4.78, 5) is 2.42. The van der Waals surface area contributed by atoms with Crippen LogP contribution in [-0.2, 0) is 10.8 Å². The molecule has 2 aliphatic rings. The zero-order valence-corrected chi connectivity index (χ0v) is 34.0. The highest BCUT2D eigenvalue weighted by Gasteiger charge is 2.38. The molecule has 0 aromatic heterocycles. The summed E-state index contributed by atoms with van der Waals surface area (Å²) < 4.78 is 0. The van der Waals surface area contributed by atoms with Crippen LogP contribution in [0.3, 0.4) is 0 Å². The molecule has 0 atom stereocenters. The summed E-state index contributed by atoms with van der Waals surface area (Å²) >= 11 is 0. The summed E-state index contributed by atoms with van der Waals surface area (Å²) in [5.41, 5.74) is 21.6. The SMILES string of the molecule is CC1(C)c2ccccc2-c2ccc(N(c3ccc(-c4ccccc4-c4cccc5c4C(C)(C)c4ccccc4-5)cc3)c3ccc(-c4cccc5ccccc45)cc3)cc21. The van der Waals surface area contributed by atoms with Crippen LogP contribution in [0.5, 0.6) is 0 Å². The molecule has 0 saturated heterocycles. The van der Waals surface area contributed by atoms with E-state index in [4.69, 9.17) is 0 Å². The number of nitrogens with zero attached hydrogens (tertiary/aromatic N) is 1. The first-order valence-electron chi connectivity index (χ1n) is 20.8. The van der Waals surface area contributed by atoms with Gasteiger partial charge in [0.25, 0.3) is 0 Å². The second-order valence-electron chi connectivity index (χ2n) is 17.3. The number of fused-ring (bicyclic) bond motifs is 7. The molecule has 0 heterocycles. The quantitative estimate of drug-likeness (QED) is 0.163. The molecule has 59 heavy (non-hydrogen) atoms. The van der Waals surface area contributed by atoms with Gasteiger partial charge in [-0.1, -0.05) is 191 Å². The molecule has 2 aliphatic carbocycles. The molecule has 0 N–H and O–H groups in total. The van der Waals surface area contributed by atoms with Crippen LogP contribution in [0, 0.1) is 0 Å². The molecule has 0 fully saturated rings. The number of rotatable bonds is 6. The van der Waals surface area contributed by atoms with Crippen molar-refractivity contribution in [3.05, 3.63) is 222 Å². The fourth-order valence-electron chi connectivity index (χ4n) is 10.4. The van der Waals surface area contributed by atoms with E-state index < -0.39 is 0 Å². The van der Waals surface area contributed by atoms with Crippen molar-refractivity contribution in [2.45, 2.75) is 38.5 Å². The number of hydrogen-bond donors (Lipinski definition) is 0. The van der Waals surface area contributed by atoms with E-state index in [1.165, 1.54) is 88.7 Å². The molecule has 1 nitrogen and oxygen atoms in total. The lowest BCUT2D eigenvalue weighted by Gasteiger charge is -2.28. The molecule has 9 aromatic rings. The number of anilines is 3. The van der Waals surface area contributed by atoms with Crippen LogP contribution in [0.15, 0.2) is 200 Å². The van der Waals surface area contributed by atoms with E-state index in [-0.39, 0.29) is 10.8 Å². The molecule has 0 bridgehead atoms. The lowest BCUT2D eigenvalue weighted by Crippen LogP contribution is -2.16. The molecule has 11 rings (SSSR count). The van der Waals surface area contributed by atoms with Gasteiger partial charge in [0.05, 0.1) is 0 Å². The van der Waals surface area contributed by atoms with Gasteiger partial charge in [-0.2, -0.15) is 0 Å². The number of benzene rings is 9. The summed E-state index contributed by atoms with van der Waals surface area (Å²) in [6.45, 7) is 9.47. The lowest BCUT2D eigenvalue weighted by atomic mass is 9.78. The van der Waals surface area contributed by atoms with Gasteiger partial charge in [-0.25, -0.2) is 0 Å². The van der Waals surface area contributed by atoms with Crippen molar-refractivity contribution in [3.63, 3.8) is 0 Å². The van der Waals surface area contributed by atoms with Crippen LogP contribution >= 0.6 is 0 Å². The highest BCUT2D eigenvalue weighted by molar-refractivity contribution is 5.97. The van der Waals surface area contributed by atoms with Crippen LogP contribution in [0.2, 0.25) is 0 Å². The third-order valence-corrected chi connectivity index (χ3v) is 13.3. The van der Waals surface area contributed by atoms with Gasteiger partial charge in [-0.15, -0.1) is 0 Å². The maximum absolute atomic E-state index is 2.42. The van der Waals surface area contributed by atoms with Gasteiger partial charge >= 0.3 is 0 Å². The van der Waals surface area contributed by atoms with Crippen molar-refractivity contribution in [2.75, 3.05) is 4.90 Å². The fourth-order valence-corrected chi connectivity index (χ4v) is 10.4. The monoisotopic (exact) mass is 755 g/mol. The third-order valence-electron chi connectivity index (χ3n) is 13.3. The first kappa shape index (κ1) is 35.2. The van der Waals surface area contributed by atoms with Crippen LogP contribution in [0.25, 0.3) is 66.4 Å². The Morgan fingerprint density at radius 3 is 1.44 bits per heavy atom. The maximum atomic E-state index is 2.42. The van der Waals surface area contributed by atoms with E-state index in [9.17, 15) is 0 Å². The topological polar surface area (TPSA) is 3.24 Å². The first-order chi connectivity index (χ1) is 28.8. The van der Waals surface area contributed by atoms with E-state index in [1.54, 1.807) is 0 Å². The molecule has 0 unspecified atom stereocenters. The predicted octanol–water partition coefficient (Wildman–Crippen LogP) is 15.9. The fraction of sp³-hybridized carbons (Fsp3) is 0.103. The van der Waals surface area contributed by atoms with Gasteiger partial charge in [-0.3, -0.25) is 0 Å². The van der Waals surface area contributed by atoms with Crippen molar-refractivity contribution in [1.29, 1.82) is 0 Å². The zero-order chi connectivity index (χ0) is 39.9. The standard InChI is InChI=1S/C58H45N/c1-57(2)53-25-11-9-20-48(53)50-36-35-43(37-55(50)57)59(41-31-27-39(28-32-41)45-22-13-16-38-15-5-6-17-44(38)45)42-33-29-40(30-34-42)46-18-7-8-19-47(46)51-23-14-24-52-49-21-10-12-26-54(49)58(3,4)56(51)52/h5-37H,1-4H3. The first-order valence-corrected chi connectivity index (χ1v) is 20.8. The Bertz CT molecular complexity index is 3080. The normalized spacial score (nSPS) is 14.0. The Kier molecular flexibility index (Phi) is 7.94. The van der Waals surface area contributed by atoms with Crippen molar-refractivity contribution in [1.82, 2.24) is 0 Å². The van der Waals surface area contributed by atoms with E-state index >= 15 is 0 Å². The Hall–Kier alpha value is -6.96. The highest BCUT2D eigenvalue weighted by atomic mass is 15.1. The van der Waals surface area contributed by atoms with Gasteiger partial charge in [-0.05, 0) is 125 Å². The van der Waals surface area contributed by atoms with Gasteiger partial charge in [0.1, 0.15) is 0 Å². The Labute approximate surface area is 347 Å². The predicted molar refractivity (Wildman–Crippen MR) is 250 cm³/mol. The van der Waals surface area contributed by atoms with Gasteiger partial charge < -0.3 is 4.90 Å². The van der Waals surface area contributed by atoms with Crippen LogP contribution < -0.4 is 4.90 Å². The number of hydrogen-bond acceptors (Lipinski definition) is 1. The minimum Gasteiger partial charge on any atom is -0.310 e. The molecule has 0 amide bonds. The van der Waals surface area contributed by atoms with E-state index in [2.05, 4.69) is 233 Å². The summed E-state index contributed by atoms with van der Waals surface area (Å²) in [7, 11) is 0. The van der Waals surface area contributed by atoms with Crippen molar-refractivity contribution in [3.8, 4) is 55.6 Å². The van der Waals surface area contributed by atoms with Crippen LogP contribution in [-0.4, -0.2) is 0 Å². The Morgan fingerprint density at radius 1 is 0.305 bits per heavy atom. The minimum absolute atomic E-state index is 0.102. The molecule has 282 valence electrons. The molecular weight excluding hydrogens is 711 g/mol. The third kappa shape index (κ3) is 5.45. The summed E-state index contributed by atoms with van der Waals surface area (Å²) in [5, 5.41) is 2.52.